The van der Waals surface area contributed by atoms with E-state index < -0.39 is 181 Å². The summed E-state index contributed by atoms with van der Waals surface area (Å²) >= 11 is 0. The number of aromatic hydroxyl groups is 7. The van der Waals surface area contributed by atoms with Crippen molar-refractivity contribution < 1.29 is 232 Å². The molecule has 3 fully saturated rings. The number of aryl methyl sites for hydroxylation is 2. The van der Waals surface area contributed by atoms with Gasteiger partial charge in [-0.2, -0.15) is 0 Å². The van der Waals surface area contributed by atoms with Crippen molar-refractivity contribution in [2.75, 3.05) is 0 Å². The molecule has 684 valence electrons. The molecule has 0 saturated heterocycles. The van der Waals surface area contributed by atoms with Gasteiger partial charge in [0.2, 0.25) is 0 Å². The average molecular weight is 1870 g/mol. The molecule has 12 atom stereocenters. The first-order chi connectivity index (χ1) is 55.4. The zero-order valence-corrected chi connectivity index (χ0v) is 68.9. The van der Waals surface area contributed by atoms with Crippen LogP contribution in [0, 0.1) is 19.8 Å². The predicted octanol–water partition coefficient (Wildman–Crippen LogP) is 3.27. The van der Waals surface area contributed by atoms with Crippen LogP contribution in [0.25, 0.3) is 34.4 Å². The third-order valence-corrected chi connectivity index (χ3v) is 18.0. The summed E-state index contributed by atoms with van der Waals surface area (Å²) in [5, 5.41) is 241. The van der Waals surface area contributed by atoms with Crippen LogP contribution in [0.3, 0.4) is 0 Å². The topological polar surface area (TPSA) is 843 Å². The maximum absolute atomic E-state index is 10.6. The van der Waals surface area contributed by atoms with Crippen molar-refractivity contribution in [3.63, 3.8) is 0 Å². The number of hydrogen-bond donors (Lipinski definition) is 27. The molecule has 42 nitrogen and oxygen atoms in total. The summed E-state index contributed by atoms with van der Waals surface area (Å²) in [5.74, 6) is -12.4. The Kier molecular flexibility index (Phi) is 52.7. The SMILES string of the molecule is CC1[C@H](O)CC(O)(C(=O)O)C[C@H]1O.Cc1ccc(CC([NH-])C(=O)O)cc1.Cc1ccc(CC([NH-])C(=O)O)cc1O.O=C(O)C1(O)C[C@@H](O)C(O)[C@H](O)C1.O=C(O)C1(O)C[C@@H](O)C(O)[C@H](O)C1.[Fe+3].[Fe+3].[Fe].[NH-]C(Cc1ccc(O)c(O)c1)C(=O)O.[NH-]C(Cc1ccc(O)c(O)c1)C(=O)O.[NH-]C(Cc1ccc(O)cc1)C(=O)O.[NH-]C(Cc1ccc(O)cc1)C(=O)O. The Morgan fingerprint density at radius 2 is 0.504 bits per heavy atom. The fraction of sp³-hybridized carbons (Fsp3) is 0.423. The van der Waals surface area contributed by atoms with Crippen molar-refractivity contribution >= 4 is 53.7 Å². The molecule has 2 radical (unpaired) electrons. The van der Waals surface area contributed by atoms with Crippen molar-refractivity contribution in [2.24, 2.45) is 5.92 Å². The number of hydrogen-bond acceptors (Lipinski definition) is 27. The van der Waals surface area contributed by atoms with E-state index in [0.29, 0.717) is 16.7 Å². The minimum atomic E-state index is -2.14. The number of phenolic OH excluding ortho intramolecular Hbond substituents is 7. The van der Waals surface area contributed by atoms with Crippen molar-refractivity contribution in [1.29, 1.82) is 0 Å². The van der Waals surface area contributed by atoms with Crippen LogP contribution in [0.15, 0.2) is 127 Å². The number of nitrogens with one attached hydrogen (secondary N) is 6. The van der Waals surface area contributed by atoms with E-state index in [1.165, 1.54) is 66.7 Å². The molecule has 0 aliphatic heterocycles. The fourth-order valence-electron chi connectivity index (χ4n) is 10.6. The molecule has 33 N–H and O–H groups in total. The molecule has 6 unspecified atom stereocenters. The molecule has 3 aliphatic rings. The molecule has 0 bridgehead atoms. The summed E-state index contributed by atoms with van der Waals surface area (Å²) < 4.78 is 0. The number of phenols is 7. The molecule has 3 aliphatic carbocycles. The van der Waals surface area contributed by atoms with Crippen LogP contribution in [0.2, 0.25) is 0 Å². The number of carboxylic acids is 9. The maximum atomic E-state index is 10.6. The smallest absolute Gasteiger partial charge is 0.665 e. The zero-order valence-electron chi connectivity index (χ0n) is 65.6. The minimum absolute atomic E-state index is 0. The summed E-state index contributed by atoms with van der Waals surface area (Å²) in [4.78, 5) is 93.8. The molecule has 9 rings (SSSR count). The van der Waals surface area contributed by atoms with E-state index in [0.717, 1.165) is 27.8 Å². The number of aliphatic carboxylic acids is 9. The standard InChI is InChI=1S/C10H12NO3.C10H12NO2.2C9H10NO4.2C9H10NO3.C8H14O5.2C7H12O6.3Fe/c1-6-2-3-7(5-9(6)12)4-8(11)10(13)14;1-7-2-4-8(5-3-7)6-9(11)10(12)13;2*10-6(9(13)14)3-5-1-2-7(11)8(12)4-5;2*10-8(9(12)13)5-6-1-3-7(11)4-2-6;1-4-5(9)2-8(13,7(11)12)3-6(4)10;2*8-3-1-7(13,6(11)12)2-4(9)5(3)10;;;/h2-3,5,8,11-12H,4H2,1H3,(H,13,14);2-5,9,11H,6H2,1H3,(H,12,13);2*1-2,4,6,10-12H,3H2,(H,13,14);2*1-4,8,10-11H,5H2,(H,12,13);4-6,9-10,13H,2-3H2,1H3,(H,11,12);2*3-5,8-10,13H,1-2H2,(H,11,12);;;/q6*-1;;;;;2*+3/t;;;;;;4?,5-,6-,8?;2*3-,4-,5?,7?;;;/m......111.../s1. The Morgan fingerprint density at radius 1 is 0.309 bits per heavy atom. The van der Waals surface area contributed by atoms with E-state index in [1.54, 1.807) is 50.2 Å². The third-order valence-electron chi connectivity index (χ3n) is 18.0. The largest absolute Gasteiger partial charge is 3.00 e. The molecule has 3 saturated carbocycles. The van der Waals surface area contributed by atoms with Crippen LogP contribution in [0.5, 0.6) is 40.2 Å². The van der Waals surface area contributed by atoms with Crippen LogP contribution in [0.1, 0.15) is 90.0 Å². The molecule has 123 heavy (non-hydrogen) atoms. The third kappa shape index (κ3) is 42.3. The molecular weight excluding hydrogens is 1760 g/mol. The van der Waals surface area contributed by atoms with Crippen LogP contribution in [-0.2, 0) is 133 Å². The quantitative estimate of drug-likeness (QED) is 0.0363. The Labute approximate surface area is 734 Å². The van der Waals surface area contributed by atoms with Crippen LogP contribution >= 0.6 is 0 Å². The second-order valence-electron chi connectivity index (χ2n) is 28.1. The molecular formula is C78H102Fe3N6O36. The number of aliphatic hydroxyl groups excluding tert-OH is 8. The Bertz CT molecular complexity index is 3830. The van der Waals surface area contributed by atoms with Crippen molar-refractivity contribution in [1.82, 2.24) is 0 Å². The van der Waals surface area contributed by atoms with Gasteiger partial charge < -0.3 is 172 Å². The van der Waals surface area contributed by atoms with Crippen LogP contribution < -0.4 is 0 Å². The molecule has 0 amide bonds. The summed E-state index contributed by atoms with van der Waals surface area (Å²) in [6.45, 7) is 5.35. The Balaban J connectivity index is -0.00000131. The van der Waals surface area contributed by atoms with Crippen molar-refractivity contribution in [2.45, 2.75) is 200 Å². The normalized spacial score (nSPS) is 22.7. The van der Waals surface area contributed by atoms with Crippen molar-refractivity contribution in [3.05, 3.63) is 206 Å². The van der Waals surface area contributed by atoms with Gasteiger partial charge in [-0.1, -0.05) is 85.3 Å². The van der Waals surface area contributed by atoms with Crippen molar-refractivity contribution in [3.8, 4) is 40.2 Å². The van der Waals surface area contributed by atoms with Crippen LogP contribution in [-0.4, -0.2) is 293 Å². The number of benzene rings is 6. The summed E-state index contributed by atoms with van der Waals surface area (Å²) in [7, 11) is 0. The van der Waals surface area contributed by atoms with Gasteiger partial charge in [-0.25, -0.2) is 14.4 Å². The van der Waals surface area contributed by atoms with E-state index in [2.05, 4.69) is 0 Å². The average Bonchev–Trinajstić information content (AvgIpc) is 0.809. The molecule has 6 aromatic rings. The van der Waals surface area contributed by atoms with Gasteiger partial charge in [0, 0.05) is 61.5 Å². The number of carboxylic acid groups (broad SMARTS) is 9. The summed E-state index contributed by atoms with van der Waals surface area (Å²) in [6, 6.07) is 25.8. The zero-order chi connectivity index (χ0) is 92.4. The molecule has 0 spiro atoms. The first-order valence-electron chi connectivity index (χ1n) is 35.8. The number of aliphatic hydroxyl groups is 11. The monoisotopic (exact) mass is 1870 g/mol. The first-order valence-corrected chi connectivity index (χ1v) is 35.8. The van der Waals surface area contributed by atoms with E-state index >= 15 is 0 Å². The minimum Gasteiger partial charge on any atom is -0.665 e. The summed E-state index contributed by atoms with van der Waals surface area (Å²) in [6.07, 6.45) is -12.0. The summed E-state index contributed by atoms with van der Waals surface area (Å²) in [5.41, 5.74) is 42.7. The number of carbonyl (C=O) groups is 9. The molecule has 45 heteroatoms. The fourth-order valence-corrected chi connectivity index (χ4v) is 10.6. The van der Waals surface area contributed by atoms with Gasteiger partial charge in [0.15, 0.2) is 39.8 Å². The second kappa shape index (κ2) is 55.3. The second-order valence-corrected chi connectivity index (χ2v) is 28.1. The maximum Gasteiger partial charge on any atom is 3.00 e. The van der Waals surface area contributed by atoms with E-state index in [9.17, 15) is 73.8 Å². The van der Waals surface area contributed by atoms with Gasteiger partial charge in [0.25, 0.3) is 35.8 Å². The molecule has 0 heterocycles. The molecule has 6 aromatic carbocycles. The van der Waals surface area contributed by atoms with E-state index in [-0.39, 0.29) is 149 Å². The van der Waals surface area contributed by atoms with Gasteiger partial charge in [-0.3, -0.25) is 28.8 Å². The van der Waals surface area contributed by atoms with Gasteiger partial charge >= 0.3 is 52.0 Å². The Morgan fingerprint density at radius 3 is 0.715 bits per heavy atom. The first kappa shape index (κ1) is 117. The van der Waals surface area contributed by atoms with Crippen LogP contribution in [0.4, 0.5) is 0 Å². The predicted molar refractivity (Wildman–Crippen MR) is 419 cm³/mol. The van der Waals surface area contributed by atoms with Gasteiger partial charge in [-0.15, -0.1) is 0 Å². The van der Waals surface area contributed by atoms with Gasteiger partial charge in [-0.05, 0) is 182 Å². The number of rotatable bonds is 21. The van der Waals surface area contributed by atoms with E-state index in [4.69, 9.17) is 142 Å². The van der Waals surface area contributed by atoms with Gasteiger partial charge in [0.05, 0.1) is 36.6 Å². The van der Waals surface area contributed by atoms with E-state index in [1.807, 2.05) is 31.2 Å². The molecule has 0 aromatic heterocycles. The van der Waals surface area contributed by atoms with Gasteiger partial charge in [0.1, 0.15) is 29.5 Å². The Hall–Kier alpha value is -9.97.